The van der Waals surface area contributed by atoms with Gasteiger partial charge in [0.15, 0.2) is 0 Å². The van der Waals surface area contributed by atoms with E-state index in [-0.39, 0.29) is 5.25 Å². The number of sulfonamides is 1. The lowest BCUT2D eigenvalue weighted by atomic mass is 10.2. The van der Waals surface area contributed by atoms with Crippen LogP contribution in [0.4, 0.5) is 0 Å². The summed E-state index contributed by atoms with van der Waals surface area (Å²) in [5, 5.41) is 2.79. The average Bonchev–Trinajstić information content (AvgIpc) is 2.46. The number of rotatable bonds is 6. The van der Waals surface area contributed by atoms with Gasteiger partial charge < -0.3 is 10.1 Å². The van der Waals surface area contributed by atoms with Crippen LogP contribution in [0.15, 0.2) is 30.3 Å². The molecule has 1 atom stereocenters. The molecule has 0 spiro atoms. The van der Waals surface area contributed by atoms with Crippen LogP contribution in [0.3, 0.4) is 0 Å². The molecule has 2 N–H and O–H groups in total. The van der Waals surface area contributed by atoms with Gasteiger partial charge in [-0.1, -0.05) is 18.2 Å². The van der Waals surface area contributed by atoms with Crippen molar-refractivity contribution in [1.82, 2.24) is 10.0 Å². The van der Waals surface area contributed by atoms with Crippen LogP contribution in [0.25, 0.3) is 0 Å². The minimum Gasteiger partial charge on any atom is -0.492 e. The first-order valence-corrected chi connectivity index (χ1v) is 8.10. The lowest BCUT2D eigenvalue weighted by molar-refractivity contribution is 0.322. The molecule has 106 valence electrons. The first kappa shape index (κ1) is 14.3. The van der Waals surface area contributed by atoms with Crippen LogP contribution in [0.2, 0.25) is 0 Å². The molecular formula is C13H20N2O3S. The van der Waals surface area contributed by atoms with Gasteiger partial charge in [0, 0.05) is 13.1 Å². The maximum atomic E-state index is 12.0. The Morgan fingerprint density at radius 3 is 2.79 bits per heavy atom. The largest absolute Gasteiger partial charge is 0.492 e. The second-order valence-electron chi connectivity index (χ2n) is 4.57. The van der Waals surface area contributed by atoms with Crippen molar-refractivity contribution < 1.29 is 13.2 Å². The van der Waals surface area contributed by atoms with Gasteiger partial charge in [-0.3, -0.25) is 0 Å². The molecule has 1 aromatic carbocycles. The Morgan fingerprint density at radius 1 is 1.32 bits per heavy atom. The zero-order valence-corrected chi connectivity index (χ0v) is 11.7. The number of ether oxygens (including phenoxy) is 1. The van der Waals surface area contributed by atoms with Crippen molar-refractivity contribution in [2.75, 3.05) is 26.2 Å². The van der Waals surface area contributed by atoms with E-state index in [9.17, 15) is 8.42 Å². The molecule has 0 saturated carbocycles. The van der Waals surface area contributed by atoms with Gasteiger partial charge in [-0.2, -0.15) is 0 Å². The predicted molar refractivity (Wildman–Crippen MR) is 74.8 cm³/mol. The van der Waals surface area contributed by atoms with Gasteiger partial charge in [0.1, 0.15) is 12.4 Å². The Hall–Kier alpha value is -1.11. The fourth-order valence-electron chi connectivity index (χ4n) is 2.07. The van der Waals surface area contributed by atoms with E-state index in [0.29, 0.717) is 19.7 Å². The smallest absolute Gasteiger partial charge is 0.215 e. The van der Waals surface area contributed by atoms with E-state index >= 15 is 0 Å². The molecule has 1 heterocycles. The lowest BCUT2D eigenvalue weighted by Gasteiger charge is -2.23. The Morgan fingerprint density at radius 2 is 2.11 bits per heavy atom. The number of benzene rings is 1. The van der Waals surface area contributed by atoms with Crippen molar-refractivity contribution in [3.8, 4) is 5.75 Å². The van der Waals surface area contributed by atoms with Crippen LogP contribution in [0.1, 0.15) is 12.8 Å². The Kier molecular flexibility index (Phi) is 5.18. The van der Waals surface area contributed by atoms with Gasteiger partial charge in [-0.25, -0.2) is 13.1 Å². The normalized spacial score (nSPS) is 20.1. The molecule has 0 radical (unpaired) electrons. The van der Waals surface area contributed by atoms with Crippen molar-refractivity contribution >= 4 is 10.0 Å². The third-order valence-corrected chi connectivity index (χ3v) is 4.99. The maximum Gasteiger partial charge on any atom is 0.215 e. The average molecular weight is 284 g/mol. The van der Waals surface area contributed by atoms with Crippen LogP contribution in [0.5, 0.6) is 5.75 Å². The molecule has 1 aliphatic rings. The molecule has 19 heavy (non-hydrogen) atoms. The second-order valence-corrected chi connectivity index (χ2v) is 6.61. The van der Waals surface area contributed by atoms with Crippen molar-refractivity contribution in [2.45, 2.75) is 18.1 Å². The molecule has 0 aromatic heterocycles. The zero-order valence-electron chi connectivity index (χ0n) is 10.8. The summed E-state index contributed by atoms with van der Waals surface area (Å²) in [6, 6.07) is 9.37. The molecule has 1 fully saturated rings. The Bertz CT molecular complexity index is 470. The minimum atomic E-state index is -3.23. The fourth-order valence-corrected chi connectivity index (χ4v) is 3.49. The summed E-state index contributed by atoms with van der Waals surface area (Å²) in [5.41, 5.74) is 0. The van der Waals surface area contributed by atoms with Crippen LogP contribution < -0.4 is 14.8 Å². The lowest BCUT2D eigenvalue weighted by Crippen LogP contribution is -2.45. The number of para-hydroxylation sites is 1. The van der Waals surface area contributed by atoms with E-state index in [4.69, 9.17) is 4.74 Å². The topological polar surface area (TPSA) is 67.4 Å². The Balaban J connectivity index is 1.72. The summed E-state index contributed by atoms with van der Waals surface area (Å²) in [5.74, 6) is 0.751. The van der Waals surface area contributed by atoms with E-state index in [1.54, 1.807) is 0 Å². The standard InChI is InChI=1S/C13H20N2O3S/c16-19(17,13-7-4-8-14-11-13)15-9-10-18-12-5-2-1-3-6-12/h1-3,5-6,13-15H,4,7-11H2. The summed E-state index contributed by atoms with van der Waals surface area (Å²) in [6.45, 7) is 2.08. The molecule has 0 amide bonds. The first-order valence-electron chi connectivity index (χ1n) is 6.55. The molecule has 2 rings (SSSR count). The maximum absolute atomic E-state index is 12.0. The monoisotopic (exact) mass is 284 g/mol. The van der Waals surface area contributed by atoms with E-state index < -0.39 is 10.0 Å². The van der Waals surface area contributed by atoms with Gasteiger partial charge >= 0.3 is 0 Å². The molecule has 0 bridgehead atoms. The molecule has 5 nitrogen and oxygen atoms in total. The quantitative estimate of drug-likeness (QED) is 0.756. The van der Waals surface area contributed by atoms with Crippen molar-refractivity contribution in [3.63, 3.8) is 0 Å². The van der Waals surface area contributed by atoms with E-state index in [1.165, 1.54) is 0 Å². The third kappa shape index (κ3) is 4.49. The summed E-state index contributed by atoms with van der Waals surface area (Å²) in [4.78, 5) is 0. The van der Waals surface area contributed by atoms with Crippen LogP contribution in [-0.2, 0) is 10.0 Å². The summed E-state index contributed by atoms with van der Waals surface area (Å²) in [6.07, 6.45) is 1.63. The van der Waals surface area contributed by atoms with Gasteiger partial charge in [0.25, 0.3) is 0 Å². The second kappa shape index (κ2) is 6.88. The van der Waals surface area contributed by atoms with Crippen LogP contribution >= 0.6 is 0 Å². The summed E-state index contributed by atoms with van der Waals surface area (Å²) < 4.78 is 32.0. The van der Waals surface area contributed by atoms with Gasteiger partial charge in [0.05, 0.1) is 5.25 Å². The highest BCUT2D eigenvalue weighted by Crippen LogP contribution is 2.10. The van der Waals surface area contributed by atoms with Crippen molar-refractivity contribution in [1.29, 1.82) is 0 Å². The van der Waals surface area contributed by atoms with Crippen LogP contribution in [0, 0.1) is 0 Å². The van der Waals surface area contributed by atoms with E-state index in [2.05, 4.69) is 10.0 Å². The predicted octanol–water partition coefficient (Wildman–Crippen LogP) is 0.737. The van der Waals surface area contributed by atoms with E-state index in [0.717, 1.165) is 25.1 Å². The van der Waals surface area contributed by atoms with Crippen molar-refractivity contribution in [2.24, 2.45) is 0 Å². The van der Waals surface area contributed by atoms with E-state index in [1.807, 2.05) is 30.3 Å². The van der Waals surface area contributed by atoms with Gasteiger partial charge in [0.2, 0.25) is 10.0 Å². The van der Waals surface area contributed by atoms with Crippen molar-refractivity contribution in [3.05, 3.63) is 30.3 Å². The number of piperidine rings is 1. The number of hydrogen-bond acceptors (Lipinski definition) is 4. The molecule has 1 aromatic rings. The molecule has 1 saturated heterocycles. The number of hydrogen-bond donors (Lipinski definition) is 2. The van der Waals surface area contributed by atoms with Crippen LogP contribution in [-0.4, -0.2) is 39.9 Å². The number of nitrogens with one attached hydrogen (secondary N) is 2. The molecular weight excluding hydrogens is 264 g/mol. The Labute approximate surface area is 114 Å². The highest BCUT2D eigenvalue weighted by atomic mass is 32.2. The van der Waals surface area contributed by atoms with Gasteiger partial charge in [-0.05, 0) is 31.5 Å². The third-order valence-electron chi connectivity index (χ3n) is 3.11. The molecule has 1 unspecified atom stereocenters. The minimum absolute atomic E-state index is 0.299. The summed E-state index contributed by atoms with van der Waals surface area (Å²) >= 11 is 0. The highest BCUT2D eigenvalue weighted by Gasteiger charge is 2.26. The molecule has 0 aliphatic carbocycles. The SMILES string of the molecule is O=S(=O)(NCCOc1ccccc1)C1CCCNC1. The fraction of sp³-hybridized carbons (Fsp3) is 0.538. The molecule has 6 heteroatoms. The highest BCUT2D eigenvalue weighted by molar-refractivity contribution is 7.90. The zero-order chi connectivity index (χ0) is 13.6. The van der Waals surface area contributed by atoms with Gasteiger partial charge in [-0.15, -0.1) is 0 Å². The molecule has 1 aliphatic heterocycles. The summed E-state index contributed by atoms with van der Waals surface area (Å²) in [7, 11) is -3.23. The first-order chi connectivity index (χ1) is 9.18.